The van der Waals surface area contributed by atoms with Crippen molar-refractivity contribution in [1.29, 1.82) is 0 Å². The van der Waals surface area contributed by atoms with Gasteiger partial charge in [0.05, 0.1) is 5.41 Å². The van der Waals surface area contributed by atoms with Crippen molar-refractivity contribution in [2.24, 2.45) is 5.41 Å². The highest BCUT2D eigenvalue weighted by Crippen LogP contribution is 2.33. The number of hydrogen-bond acceptors (Lipinski definition) is 1. The molecule has 0 radical (unpaired) electrons. The minimum atomic E-state index is -0.529. The molecule has 1 atom stereocenters. The number of rotatable bonds is 5. The first-order valence-corrected chi connectivity index (χ1v) is 6.47. The van der Waals surface area contributed by atoms with Gasteiger partial charge in [-0.3, -0.25) is 4.79 Å². The highest BCUT2D eigenvalue weighted by Gasteiger charge is 2.36. The molecule has 0 saturated heterocycles. The zero-order chi connectivity index (χ0) is 14.5. The van der Waals surface area contributed by atoms with E-state index in [9.17, 15) is 4.79 Å². The fourth-order valence-corrected chi connectivity index (χ4v) is 2.24. The summed E-state index contributed by atoms with van der Waals surface area (Å²) in [5.41, 5.74) is 1.67. The number of nitrogens with zero attached hydrogens (tertiary/aromatic N) is 1. The first kappa shape index (κ1) is 15.2. The third kappa shape index (κ3) is 3.57. The second-order valence-electron chi connectivity index (χ2n) is 5.28. The molecule has 0 spiro atoms. The smallest absolute Gasteiger partial charge is 0.232 e. The quantitative estimate of drug-likeness (QED) is 0.740. The molecule has 0 heterocycles. The van der Waals surface area contributed by atoms with Crippen molar-refractivity contribution in [2.75, 3.05) is 14.1 Å². The van der Waals surface area contributed by atoms with Crippen LogP contribution in [0.5, 0.6) is 0 Å². The van der Waals surface area contributed by atoms with Gasteiger partial charge in [0.1, 0.15) is 0 Å². The minimum Gasteiger partial charge on any atom is -0.348 e. The molecule has 0 N–H and O–H groups in total. The lowest BCUT2D eigenvalue weighted by atomic mass is 9.76. The highest BCUT2D eigenvalue weighted by molar-refractivity contribution is 5.85. The number of carbonyl (C=O) groups excluding carboxylic acids is 1. The molecule has 0 fully saturated rings. The van der Waals surface area contributed by atoms with Crippen LogP contribution in [0.1, 0.15) is 19.4 Å². The number of benzene rings is 1. The van der Waals surface area contributed by atoms with Gasteiger partial charge in [0, 0.05) is 14.1 Å². The van der Waals surface area contributed by atoms with E-state index in [1.807, 2.05) is 38.1 Å². The summed E-state index contributed by atoms with van der Waals surface area (Å²) in [6, 6.07) is 10.1. The molecular formula is C17H23NO. The molecule has 19 heavy (non-hydrogen) atoms. The Morgan fingerprint density at radius 2 is 1.89 bits per heavy atom. The third-order valence-corrected chi connectivity index (χ3v) is 3.52. The zero-order valence-electron chi connectivity index (χ0n) is 12.3. The monoisotopic (exact) mass is 257 g/mol. The van der Waals surface area contributed by atoms with E-state index >= 15 is 0 Å². The van der Waals surface area contributed by atoms with E-state index in [1.54, 1.807) is 25.1 Å². The standard InChI is InChI=1S/C17H23NO/c1-6-10-14(2)17(3,16(19)18(4)5)13-15-11-8-7-9-12-15/h6-12H,1,13H2,2-5H3/b14-10+. The van der Waals surface area contributed by atoms with Crippen molar-refractivity contribution in [2.45, 2.75) is 20.3 Å². The lowest BCUT2D eigenvalue weighted by Gasteiger charge is -2.32. The van der Waals surface area contributed by atoms with Crippen molar-refractivity contribution in [3.63, 3.8) is 0 Å². The molecule has 2 heteroatoms. The highest BCUT2D eigenvalue weighted by atomic mass is 16.2. The summed E-state index contributed by atoms with van der Waals surface area (Å²) >= 11 is 0. The summed E-state index contributed by atoms with van der Waals surface area (Å²) in [5, 5.41) is 0. The number of amides is 1. The molecule has 1 amide bonds. The SMILES string of the molecule is C=C/C=C(\C)C(C)(Cc1ccccc1)C(=O)N(C)C. The third-order valence-electron chi connectivity index (χ3n) is 3.52. The lowest BCUT2D eigenvalue weighted by Crippen LogP contribution is -2.40. The van der Waals surface area contributed by atoms with E-state index in [0.29, 0.717) is 6.42 Å². The van der Waals surface area contributed by atoms with Gasteiger partial charge in [0.15, 0.2) is 0 Å². The fourth-order valence-electron chi connectivity index (χ4n) is 2.24. The first-order valence-electron chi connectivity index (χ1n) is 6.47. The second kappa shape index (κ2) is 6.37. The Balaban J connectivity index is 3.16. The Morgan fingerprint density at radius 3 is 2.37 bits per heavy atom. The lowest BCUT2D eigenvalue weighted by molar-refractivity contribution is -0.136. The van der Waals surface area contributed by atoms with Crippen LogP contribution in [0.2, 0.25) is 0 Å². The van der Waals surface area contributed by atoms with E-state index in [4.69, 9.17) is 0 Å². The van der Waals surface area contributed by atoms with E-state index in [1.165, 1.54) is 0 Å². The maximum atomic E-state index is 12.5. The Morgan fingerprint density at radius 1 is 1.32 bits per heavy atom. The maximum Gasteiger partial charge on any atom is 0.232 e. The van der Waals surface area contributed by atoms with Gasteiger partial charge in [0.25, 0.3) is 0 Å². The first-order chi connectivity index (χ1) is 8.91. The molecule has 1 aromatic carbocycles. The van der Waals surface area contributed by atoms with Crippen LogP contribution in [0, 0.1) is 5.41 Å². The summed E-state index contributed by atoms with van der Waals surface area (Å²) in [5.74, 6) is 0.118. The molecule has 102 valence electrons. The number of carbonyl (C=O) groups is 1. The summed E-state index contributed by atoms with van der Waals surface area (Å²) < 4.78 is 0. The molecule has 2 nitrogen and oxygen atoms in total. The van der Waals surface area contributed by atoms with Gasteiger partial charge in [-0.1, -0.05) is 54.6 Å². The molecule has 0 aliphatic heterocycles. The summed E-state index contributed by atoms with van der Waals surface area (Å²) in [7, 11) is 3.60. The van der Waals surface area contributed by atoms with Gasteiger partial charge in [-0.2, -0.15) is 0 Å². The maximum absolute atomic E-state index is 12.5. The Bertz CT molecular complexity index is 473. The minimum absolute atomic E-state index is 0.118. The van der Waals surface area contributed by atoms with Crippen molar-refractivity contribution in [3.05, 3.63) is 60.2 Å². The summed E-state index contributed by atoms with van der Waals surface area (Å²) in [6.07, 6.45) is 4.35. The van der Waals surface area contributed by atoms with E-state index in [2.05, 4.69) is 18.7 Å². The van der Waals surface area contributed by atoms with Crippen molar-refractivity contribution in [3.8, 4) is 0 Å². The Kier molecular flexibility index (Phi) is 5.11. The van der Waals surface area contributed by atoms with E-state index in [-0.39, 0.29) is 5.91 Å². The summed E-state index contributed by atoms with van der Waals surface area (Å²) in [6.45, 7) is 7.71. The van der Waals surface area contributed by atoms with Gasteiger partial charge in [-0.05, 0) is 25.8 Å². The predicted octanol–water partition coefficient (Wildman–Crippen LogP) is 3.46. The van der Waals surface area contributed by atoms with Crippen LogP contribution in [0.15, 0.2) is 54.6 Å². The Labute approximate surface area is 116 Å². The largest absolute Gasteiger partial charge is 0.348 e. The van der Waals surface area contributed by atoms with Crippen LogP contribution in [0.4, 0.5) is 0 Å². The van der Waals surface area contributed by atoms with Gasteiger partial charge in [-0.25, -0.2) is 0 Å². The second-order valence-corrected chi connectivity index (χ2v) is 5.28. The molecule has 0 saturated carbocycles. The van der Waals surface area contributed by atoms with Gasteiger partial charge < -0.3 is 4.90 Å². The molecule has 0 bridgehead atoms. The van der Waals surface area contributed by atoms with E-state index < -0.39 is 5.41 Å². The fraction of sp³-hybridized carbons (Fsp3) is 0.353. The van der Waals surface area contributed by atoms with Gasteiger partial charge >= 0.3 is 0 Å². The molecule has 1 aromatic rings. The molecule has 0 aromatic heterocycles. The molecular weight excluding hydrogens is 234 g/mol. The van der Waals surface area contributed by atoms with Crippen LogP contribution in [0.25, 0.3) is 0 Å². The molecule has 0 aliphatic rings. The van der Waals surface area contributed by atoms with Crippen molar-refractivity contribution in [1.82, 2.24) is 4.90 Å². The molecule has 1 unspecified atom stereocenters. The van der Waals surface area contributed by atoms with Crippen LogP contribution in [-0.4, -0.2) is 24.9 Å². The van der Waals surface area contributed by atoms with Crippen LogP contribution < -0.4 is 0 Å². The Hall–Kier alpha value is -1.83. The predicted molar refractivity (Wildman–Crippen MR) is 80.9 cm³/mol. The van der Waals surface area contributed by atoms with Gasteiger partial charge in [0.2, 0.25) is 5.91 Å². The van der Waals surface area contributed by atoms with E-state index in [0.717, 1.165) is 11.1 Å². The van der Waals surface area contributed by atoms with Crippen molar-refractivity contribution < 1.29 is 4.79 Å². The van der Waals surface area contributed by atoms with Crippen LogP contribution >= 0.6 is 0 Å². The van der Waals surface area contributed by atoms with Crippen LogP contribution in [0.3, 0.4) is 0 Å². The van der Waals surface area contributed by atoms with Crippen molar-refractivity contribution >= 4 is 5.91 Å². The normalized spacial score (nSPS) is 14.6. The average Bonchev–Trinajstić information content (AvgIpc) is 2.39. The molecule has 0 aliphatic carbocycles. The summed E-state index contributed by atoms with van der Waals surface area (Å²) in [4.78, 5) is 14.2. The van der Waals surface area contributed by atoms with Crippen LogP contribution in [-0.2, 0) is 11.2 Å². The number of allylic oxidation sites excluding steroid dienone is 2. The van der Waals surface area contributed by atoms with Gasteiger partial charge in [-0.15, -0.1) is 0 Å². The zero-order valence-corrected chi connectivity index (χ0v) is 12.3. The average molecular weight is 257 g/mol. The molecule has 1 rings (SSSR count). The number of hydrogen-bond donors (Lipinski definition) is 0. The topological polar surface area (TPSA) is 20.3 Å².